The minimum atomic E-state index is -4.35. The van der Waals surface area contributed by atoms with Gasteiger partial charge in [-0.3, -0.25) is 0 Å². The number of rotatable bonds is 1. The van der Waals surface area contributed by atoms with Gasteiger partial charge < -0.3 is 4.74 Å². The molecule has 0 aliphatic carbocycles. The molecule has 1 aromatic rings. The number of pyridine rings is 1. The van der Waals surface area contributed by atoms with E-state index in [4.69, 9.17) is 0 Å². The van der Waals surface area contributed by atoms with E-state index in [2.05, 4.69) is 9.72 Å². The summed E-state index contributed by atoms with van der Waals surface area (Å²) >= 11 is 1.56. The van der Waals surface area contributed by atoms with Crippen LogP contribution in [0.1, 0.15) is 5.56 Å². The van der Waals surface area contributed by atoms with Crippen molar-refractivity contribution in [2.45, 2.75) is 6.18 Å². The molecule has 1 aromatic heterocycles. The van der Waals surface area contributed by atoms with Crippen LogP contribution in [0.3, 0.4) is 0 Å². The van der Waals surface area contributed by atoms with Crippen LogP contribution in [-0.4, -0.2) is 41.7 Å². The number of nitrogens with zero attached hydrogens (tertiary/aromatic N) is 1. The fourth-order valence-electron chi connectivity index (χ4n) is 0.786. The van der Waals surface area contributed by atoms with Gasteiger partial charge in [-0.15, -0.1) is 0 Å². The predicted octanol–water partition coefficient (Wildman–Crippen LogP) is 2.33. The first-order valence-corrected chi connectivity index (χ1v) is 4.30. The molecule has 0 saturated carbocycles. The molecule has 0 N–H and O–H groups in total. The van der Waals surface area contributed by atoms with E-state index in [1.807, 2.05) is 0 Å². The summed E-state index contributed by atoms with van der Waals surface area (Å²) in [7, 11) is 1.28. The minimum Gasteiger partial charge on any atom is -0.480 e. The Hall–Kier alpha value is 0.470. The quantitative estimate of drug-likeness (QED) is 0.584. The number of aromatic nitrogens is 1. The maximum Gasteiger partial charge on any atom is 0.417 e. The second-order valence-electron chi connectivity index (χ2n) is 2.18. The summed E-state index contributed by atoms with van der Waals surface area (Å²) in [5.74, 6) is -0.00424. The standard InChI is InChI=1S/C7H5F3INO.Na/c1-13-6-5(11)4(2-3-12-6)7(8,9)10;/h2-3H,1H3;. The first-order chi connectivity index (χ1) is 5.96. The van der Waals surface area contributed by atoms with Gasteiger partial charge in [0.1, 0.15) is 0 Å². The topological polar surface area (TPSA) is 22.1 Å². The van der Waals surface area contributed by atoms with E-state index < -0.39 is 11.7 Å². The summed E-state index contributed by atoms with van der Waals surface area (Å²) in [4.78, 5) is 3.64. The molecule has 14 heavy (non-hydrogen) atoms. The van der Waals surface area contributed by atoms with Gasteiger partial charge in [0.2, 0.25) is 5.88 Å². The maximum absolute atomic E-state index is 12.3. The Bertz CT molecular complexity index is 318. The van der Waals surface area contributed by atoms with Crippen molar-refractivity contribution in [2.24, 2.45) is 0 Å². The van der Waals surface area contributed by atoms with Crippen molar-refractivity contribution in [2.75, 3.05) is 7.11 Å². The van der Waals surface area contributed by atoms with Gasteiger partial charge in [0.25, 0.3) is 0 Å². The number of halogens is 4. The van der Waals surface area contributed by atoms with Crippen LogP contribution in [0.25, 0.3) is 0 Å². The molecule has 73 valence electrons. The number of hydrogen-bond acceptors (Lipinski definition) is 2. The van der Waals surface area contributed by atoms with Crippen LogP contribution in [-0.2, 0) is 6.18 Å². The second kappa shape index (κ2) is 5.53. The van der Waals surface area contributed by atoms with Crippen LogP contribution in [0.4, 0.5) is 13.2 Å². The molecule has 0 amide bonds. The molecule has 2 nitrogen and oxygen atoms in total. The molecule has 1 rings (SSSR count). The Morgan fingerprint density at radius 2 is 2.00 bits per heavy atom. The van der Waals surface area contributed by atoms with E-state index in [1.165, 1.54) is 7.11 Å². The molecule has 0 spiro atoms. The van der Waals surface area contributed by atoms with Crippen molar-refractivity contribution >= 4 is 52.1 Å². The van der Waals surface area contributed by atoms with Crippen LogP contribution in [0, 0.1) is 3.57 Å². The van der Waals surface area contributed by atoms with Gasteiger partial charge in [-0.1, -0.05) is 0 Å². The van der Waals surface area contributed by atoms with Crippen molar-refractivity contribution < 1.29 is 17.9 Å². The zero-order chi connectivity index (χ0) is 10.1. The molecule has 0 unspecified atom stereocenters. The van der Waals surface area contributed by atoms with Gasteiger partial charge in [0, 0.05) is 35.8 Å². The van der Waals surface area contributed by atoms with Crippen molar-refractivity contribution in [3.05, 3.63) is 21.4 Å². The monoisotopic (exact) mass is 326 g/mol. The molecule has 0 aromatic carbocycles. The van der Waals surface area contributed by atoms with Gasteiger partial charge in [0.15, 0.2) is 0 Å². The normalized spacial score (nSPS) is 10.6. The molecule has 7 heteroatoms. The number of ether oxygens (including phenoxy) is 1. The van der Waals surface area contributed by atoms with E-state index in [0.29, 0.717) is 0 Å². The molecule has 0 bridgehead atoms. The van der Waals surface area contributed by atoms with Crippen LogP contribution in [0.2, 0.25) is 0 Å². The van der Waals surface area contributed by atoms with Crippen LogP contribution >= 0.6 is 22.6 Å². The average molecular weight is 326 g/mol. The molecule has 1 heterocycles. The van der Waals surface area contributed by atoms with E-state index in [0.717, 1.165) is 12.3 Å². The van der Waals surface area contributed by atoms with Gasteiger partial charge >= 0.3 is 6.18 Å². The molecular formula is C7H5F3INNaO. The Labute approximate surface area is 115 Å². The molecular weight excluding hydrogens is 321 g/mol. The molecule has 1 radical (unpaired) electrons. The minimum absolute atomic E-state index is 0. The Morgan fingerprint density at radius 1 is 1.43 bits per heavy atom. The molecule has 0 aliphatic rings. The van der Waals surface area contributed by atoms with E-state index in [1.54, 1.807) is 22.6 Å². The van der Waals surface area contributed by atoms with Crippen LogP contribution < -0.4 is 4.74 Å². The van der Waals surface area contributed by atoms with E-state index in [9.17, 15) is 13.2 Å². The Balaban J connectivity index is 0.00000169. The van der Waals surface area contributed by atoms with Crippen LogP contribution in [0.15, 0.2) is 12.3 Å². The summed E-state index contributed by atoms with van der Waals surface area (Å²) in [6.07, 6.45) is -3.28. The van der Waals surface area contributed by atoms with E-state index in [-0.39, 0.29) is 39.0 Å². The third kappa shape index (κ3) is 3.25. The number of hydrogen-bond donors (Lipinski definition) is 0. The summed E-state index contributed by atoms with van der Waals surface area (Å²) < 4.78 is 41.5. The molecule has 0 saturated heterocycles. The van der Waals surface area contributed by atoms with E-state index >= 15 is 0 Å². The zero-order valence-corrected chi connectivity index (χ0v) is 11.7. The van der Waals surface area contributed by atoms with Crippen molar-refractivity contribution in [3.8, 4) is 5.88 Å². The van der Waals surface area contributed by atoms with Crippen molar-refractivity contribution in [3.63, 3.8) is 0 Å². The number of alkyl halides is 3. The second-order valence-corrected chi connectivity index (χ2v) is 3.26. The number of methoxy groups -OCH3 is 1. The molecule has 0 atom stereocenters. The zero-order valence-electron chi connectivity index (χ0n) is 7.52. The maximum atomic E-state index is 12.3. The van der Waals surface area contributed by atoms with Crippen molar-refractivity contribution in [1.82, 2.24) is 4.98 Å². The smallest absolute Gasteiger partial charge is 0.417 e. The largest absolute Gasteiger partial charge is 0.480 e. The van der Waals surface area contributed by atoms with Gasteiger partial charge in [-0.2, -0.15) is 13.2 Å². The average Bonchev–Trinajstić information content (AvgIpc) is 2.02. The Morgan fingerprint density at radius 3 is 2.43 bits per heavy atom. The fraction of sp³-hybridized carbons (Fsp3) is 0.286. The third-order valence-corrected chi connectivity index (χ3v) is 2.40. The SMILES string of the molecule is COc1nccc(C(F)(F)F)c1I.[Na]. The van der Waals surface area contributed by atoms with Gasteiger partial charge in [-0.05, 0) is 28.7 Å². The Kier molecular flexibility index (Phi) is 5.71. The molecule has 0 aliphatic heterocycles. The predicted molar refractivity (Wildman–Crippen MR) is 54.3 cm³/mol. The molecule has 0 fully saturated rings. The van der Waals surface area contributed by atoms with Crippen molar-refractivity contribution in [1.29, 1.82) is 0 Å². The summed E-state index contributed by atoms with van der Waals surface area (Å²) in [5, 5.41) is 0. The summed E-state index contributed by atoms with van der Waals surface area (Å²) in [5.41, 5.74) is -0.722. The van der Waals surface area contributed by atoms with Gasteiger partial charge in [-0.25, -0.2) is 4.98 Å². The third-order valence-electron chi connectivity index (χ3n) is 1.36. The first-order valence-electron chi connectivity index (χ1n) is 3.22. The first kappa shape index (κ1) is 14.5. The van der Waals surface area contributed by atoms with Crippen LogP contribution in [0.5, 0.6) is 5.88 Å². The summed E-state index contributed by atoms with van der Waals surface area (Å²) in [6, 6.07) is 0.921. The fourth-order valence-corrected chi connectivity index (χ4v) is 1.63. The van der Waals surface area contributed by atoms with Gasteiger partial charge in [0.05, 0.1) is 16.2 Å². The summed E-state index contributed by atoms with van der Waals surface area (Å²) in [6.45, 7) is 0.